The second-order valence-electron chi connectivity index (χ2n) is 4.74. The van der Waals surface area contributed by atoms with Gasteiger partial charge in [0.25, 0.3) is 0 Å². The van der Waals surface area contributed by atoms with Crippen LogP contribution in [0.5, 0.6) is 5.75 Å². The first-order valence-electron chi connectivity index (χ1n) is 6.28. The fourth-order valence-corrected chi connectivity index (χ4v) is 1.99. The van der Waals surface area contributed by atoms with Crippen LogP contribution >= 0.6 is 0 Å². The fourth-order valence-electron chi connectivity index (χ4n) is 1.99. The van der Waals surface area contributed by atoms with Crippen LogP contribution in [0, 0.1) is 13.8 Å². The molecule has 0 amide bonds. The summed E-state index contributed by atoms with van der Waals surface area (Å²) >= 11 is 0. The number of aryl methyl sites for hydroxylation is 2. The van der Waals surface area contributed by atoms with E-state index in [9.17, 15) is 0 Å². The zero-order valence-electron chi connectivity index (χ0n) is 11.6. The third-order valence-corrected chi connectivity index (χ3v) is 3.01. The van der Waals surface area contributed by atoms with Crippen LogP contribution in [0.15, 0.2) is 30.6 Å². The minimum absolute atomic E-state index is 0.226. The predicted octanol–water partition coefficient (Wildman–Crippen LogP) is 2.34. The minimum atomic E-state index is -0.226. The van der Waals surface area contributed by atoms with Gasteiger partial charge in [0.1, 0.15) is 11.6 Å². The lowest BCUT2D eigenvalue weighted by atomic mass is 10.0. The molecule has 0 saturated carbocycles. The Morgan fingerprint density at radius 2 is 1.84 bits per heavy atom. The zero-order chi connectivity index (χ0) is 13.8. The Bertz CT molecular complexity index is 552. The molecule has 1 heterocycles. The van der Waals surface area contributed by atoms with Crippen LogP contribution in [0.3, 0.4) is 0 Å². The topological polar surface area (TPSA) is 61.0 Å². The van der Waals surface area contributed by atoms with Crippen LogP contribution in [0.1, 0.15) is 28.6 Å². The van der Waals surface area contributed by atoms with Crippen molar-refractivity contribution in [2.45, 2.75) is 26.3 Å². The van der Waals surface area contributed by atoms with Crippen LogP contribution in [0.2, 0.25) is 0 Å². The summed E-state index contributed by atoms with van der Waals surface area (Å²) in [5, 5.41) is 0. The van der Waals surface area contributed by atoms with Gasteiger partial charge in [-0.05, 0) is 37.5 Å². The van der Waals surface area contributed by atoms with E-state index in [-0.39, 0.29) is 6.04 Å². The van der Waals surface area contributed by atoms with E-state index in [1.807, 2.05) is 19.1 Å². The molecule has 2 rings (SSSR count). The lowest BCUT2D eigenvalue weighted by molar-refractivity contribution is 0.407. The van der Waals surface area contributed by atoms with E-state index >= 15 is 0 Å². The second kappa shape index (κ2) is 5.80. The second-order valence-corrected chi connectivity index (χ2v) is 4.74. The first kappa shape index (κ1) is 13.5. The molecule has 2 aromatic rings. The van der Waals surface area contributed by atoms with E-state index < -0.39 is 0 Å². The van der Waals surface area contributed by atoms with Crippen molar-refractivity contribution in [2.24, 2.45) is 5.73 Å². The first-order chi connectivity index (χ1) is 9.10. The van der Waals surface area contributed by atoms with Gasteiger partial charge in [-0.1, -0.05) is 17.7 Å². The highest BCUT2D eigenvalue weighted by Gasteiger charge is 2.13. The summed E-state index contributed by atoms with van der Waals surface area (Å²) in [4.78, 5) is 8.55. The normalized spacial score (nSPS) is 12.2. The van der Waals surface area contributed by atoms with Crippen LogP contribution in [-0.4, -0.2) is 17.1 Å². The number of rotatable bonds is 4. The molecule has 0 aliphatic heterocycles. The van der Waals surface area contributed by atoms with Gasteiger partial charge in [0.05, 0.1) is 13.2 Å². The van der Waals surface area contributed by atoms with E-state index in [2.05, 4.69) is 23.0 Å². The van der Waals surface area contributed by atoms with Gasteiger partial charge < -0.3 is 10.5 Å². The van der Waals surface area contributed by atoms with Gasteiger partial charge in [-0.15, -0.1) is 0 Å². The maximum Gasteiger partial charge on any atom is 0.145 e. The van der Waals surface area contributed by atoms with Gasteiger partial charge in [0.2, 0.25) is 0 Å². The summed E-state index contributed by atoms with van der Waals surface area (Å²) in [6, 6.07) is 5.85. The highest BCUT2D eigenvalue weighted by Crippen LogP contribution is 2.23. The molecule has 4 nitrogen and oxygen atoms in total. The van der Waals surface area contributed by atoms with Gasteiger partial charge >= 0.3 is 0 Å². The van der Waals surface area contributed by atoms with Gasteiger partial charge in [0, 0.05) is 12.4 Å². The molecule has 0 aliphatic carbocycles. The Kier molecular flexibility index (Phi) is 4.12. The van der Waals surface area contributed by atoms with E-state index in [4.69, 9.17) is 10.5 Å². The maximum atomic E-state index is 6.17. The van der Waals surface area contributed by atoms with Crippen LogP contribution in [0.25, 0.3) is 0 Å². The molecule has 1 aromatic heterocycles. The quantitative estimate of drug-likeness (QED) is 0.913. The van der Waals surface area contributed by atoms with Crippen molar-refractivity contribution in [3.8, 4) is 5.75 Å². The molecule has 0 aliphatic rings. The van der Waals surface area contributed by atoms with Crippen LogP contribution in [0.4, 0.5) is 0 Å². The predicted molar refractivity (Wildman–Crippen MR) is 75.1 cm³/mol. The molecule has 0 fully saturated rings. The number of hydrogen-bond donors (Lipinski definition) is 1. The Hall–Kier alpha value is -1.94. The molecular weight excluding hydrogens is 238 g/mol. The average molecular weight is 257 g/mol. The lowest BCUT2D eigenvalue weighted by Gasteiger charge is -2.14. The summed E-state index contributed by atoms with van der Waals surface area (Å²) in [6.07, 6.45) is 4.24. The average Bonchev–Trinajstić information content (AvgIpc) is 2.39. The molecule has 0 radical (unpaired) electrons. The number of ether oxygens (including phenoxy) is 1. The van der Waals surface area contributed by atoms with Gasteiger partial charge in [-0.2, -0.15) is 0 Å². The SMILES string of the molecule is COc1ccc(C)cc1CC(N)c1ncc(C)cn1. The Morgan fingerprint density at radius 1 is 1.16 bits per heavy atom. The molecule has 0 bridgehead atoms. The first-order valence-corrected chi connectivity index (χ1v) is 6.28. The molecule has 0 saturated heterocycles. The van der Waals surface area contributed by atoms with Crippen LogP contribution < -0.4 is 10.5 Å². The molecule has 19 heavy (non-hydrogen) atoms. The maximum absolute atomic E-state index is 6.17. The van der Waals surface area contributed by atoms with Crippen molar-refractivity contribution in [3.05, 3.63) is 53.1 Å². The van der Waals surface area contributed by atoms with Crippen molar-refractivity contribution in [3.63, 3.8) is 0 Å². The Balaban J connectivity index is 2.20. The number of benzene rings is 1. The third-order valence-electron chi connectivity index (χ3n) is 3.01. The van der Waals surface area contributed by atoms with Crippen molar-refractivity contribution >= 4 is 0 Å². The summed E-state index contributed by atoms with van der Waals surface area (Å²) in [5.41, 5.74) is 9.47. The number of aromatic nitrogens is 2. The molecule has 4 heteroatoms. The zero-order valence-corrected chi connectivity index (χ0v) is 11.6. The highest BCUT2D eigenvalue weighted by molar-refractivity contribution is 5.37. The standard InChI is InChI=1S/C15H19N3O/c1-10-4-5-14(19-3)12(6-10)7-13(16)15-17-8-11(2)9-18-15/h4-6,8-9,13H,7,16H2,1-3H3. The number of hydrogen-bond acceptors (Lipinski definition) is 4. The molecule has 2 N–H and O–H groups in total. The van der Waals surface area contributed by atoms with E-state index in [1.165, 1.54) is 5.56 Å². The third kappa shape index (κ3) is 3.29. The molecule has 1 aromatic carbocycles. The Labute approximate surface area is 113 Å². The smallest absolute Gasteiger partial charge is 0.145 e. The van der Waals surface area contributed by atoms with Crippen molar-refractivity contribution in [1.29, 1.82) is 0 Å². The minimum Gasteiger partial charge on any atom is -0.496 e. The summed E-state index contributed by atoms with van der Waals surface area (Å²) in [5.74, 6) is 1.52. The van der Waals surface area contributed by atoms with Gasteiger partial charge in [-0.25, -0.2) is 9.97 Å². The number of methoxy groups -OCH3 is 1. The van der Waals surface area contributed by atoms with E-state index in [1.54, 1.807) is 19.5 Å². The van der Waals surface area contributed by atoms with Gasteiger partial charge in [-0.3, -0.25) is 0 Å². The molecule has 1 unspecified atom stereocenters. The lowest BCUT2D eigenvalue weighted by Crippen LogP contribution is -2.17. The molecule has 100 valence electrons. The largest absolute Gasteiger partial charge is 0.496 e. The van der Waals surface area contributed by atoms with Crippen LogP contribution in [-0.2, 0) is 6.42 Å². The van der Waals surface area contributed by atoms with Crippen molar-refractivity contribution in [2.75, 3.05) is 7.11 Å². The van der Waals surface area contributed by atoms with Gasteiger partial charge in [0.15, 0.2) is 0 Å². The molecule has 1 atom stereocenters. The summed E-state index contributed by atoms with van der Waals surface area (Å²) in [7, 11) is 1.67. The van der Waals surface area contributed by atoms with Crippen molar-refractivity contribution < 1.29 is 4.74 Å². The van der Waals surface area contributed by atoms with Crippen molar-refractivity contribution in [1.82, 2.24) is 9.97 Å². The van der Waals surface area contributed by atoms with E-state index in [0.717, 1.165) is 16.9 Å². The molecule has 0 spiro atoms. The summed E-state index contributed by atoms with van der Waals surface area (Å²) in [6.45, 7) is 4.01. The number of nitrogens with zero attached hydrogens (tertiary/aromatic N) is 2. The highest BCUT2D eigenvalue weighted by atomic mass is 16.5. The Morgan fingerprint density at radius 3 is 2.47 bits per heavy atom. The monoisotopic (exact) mass is 257 g/mol. The number of nitrogens with two attached hydrogens (primary N) is 1. The molecular formula is C15H19N3O. The fraction of sp³-hybridized carbons (Fsp3) is 0.333. The van der Waals surface area contributed by atoms with E-state index in [0.29, 0.717) is 12.2 Å². The summed E-state index contributed by atoms with van der Waals surface area (Å²) < 4.78 is 5.36.